The number of pyridine rings is 1. The van der Waals surface area contributed by atoms with Gasteiger partial charge in [-0.05, 0) is 42.8 Å². The standard InChI is InChI=1S/C14H12N4O/c1-9-6-7-16-8-12(9)13-17-14(19-18-13)10-2-4-11(15)5-3-10/h2-8H,15H2,1H3. The molecule has 3 rings (SSSR count). The molecule has 0 saturated carbocycles. The van der Waals surface area contributed by atoms with E-state index in [1.807, 2.05) is 25.1 Å². The molecule has 2 heterocycles. The molecule has 0 unspecified atom stereocenters. The summed E-state index contributed by atoms with van der Waals surface area (Å²) in [7, 11) is 0. The predicted molar refractivity (Wildman–Crippen MR) is 72.1 cm³/mol. The molecule has 0 bridgehead atoms. The van der Waals surface area contributed by atoms with Crippen LogP contribution in [-0.4, -0.2) is 15.1 Å². The van der Waals surface area contributed by atoms with Crippen molar-refractivity contribution in [1.29, 1.82) is 0 Å². The van der Waals surface area contributed by atoms with Crippen LogP contribution < -0.4 is 5.73 Å². The molecule has 0 fully saturated rings. The number of hydrogen-bond acceptors (Lipinski definition) is 5. The van der Waals surface area contributed by atoms with Gasteiger partial charge in [0.05, 0.1) is 0 Å². The Kier molecular flexibility index (Phi) is 2.72. The molecule has 0 radical (unpaired) electrons. The molecule has 0 aliphatic heterocycles. The van der Waals surface area contributed by atoms with Gasteiger partial charge in [0.25, 0.3) is 5.89 Å². The molecule has 94 valence electrons. The third kappa shape index (κ3) is 2.18. The summed E-state index contributed by atoms with van der Waals surface area (Å²) in [5.41, 5.74) is 9.11. The second-order valence-corrected chi connectivity index (χ2v) is 4.24. The number of anilines is 1. The van der Waals surface area contributed by atoms with Crippen LogP contribution in [0.15, 0.2) is 47.2 Å². The zero-order valence-electron chi connectivity index (χ0n) is 10.4. The van der Waals surface area contributed by atoms with Gasteiger partial charge in [0.1, 0.15) is 0 Å². The molecule has 1 aromatic carbocycles. The van der Waals surface area contributed by atoms with Gasteiger partial charge in [-0.15, -0.1) is 0 Å². The highest BCUT2D eigenvalue weighted by atomic mass is 16.5. The first-order chi connectivity index (χ1) is 9.24. The molecule has 19 heavy (non-hydrogen) atoms. The first-order valence-electron chi connectivity index (χ1n) is 5.84. The molecule has 0 aliphatic rings. The van der Waals surface area contributed by atoms with Gasteiger partial charge in [0.15, 0.2) is 0 Å². The van der Waals surface area contributed by atoms with Gasteiger partial charge in [0, 0.05) is 29.2 Å². The van der Waals surface area contributed by atoms with Crippen LogP contribution in [-0.2, 0) is 0 Å². The molecule has 3 aromatic rings. The molecule has 0 amide bonds. The Bertz CT molecular complexity index is 703. The Hall–Kier alpha value is -2.69. The Balaban J connectivity index is 2.00. The van der Waals surface area contributed by atoms with Crippen LogP contribution in [0.5, 0.6) is 0 Å². The summed E-state index contributed by atoms with van der Waals surface area (Å²) in [6.45, 7) is 1.98. The van der Waals surface area contributed by atoms with Gasteiger partial charge in [-0.3, -0.25) is 4.98 Å². The van der Waals surface area contributed by atoms with Crippen molar-refractivity contribution in [3.8, 4) is 22.8 Å². The fourth-order valence-corrected chi connectivity index (χ4v) is 1.77. The molecule has 0 saturated heterocycles. The number of aromatic nitrogens is 3. The quantitative estimate of drug-likeness (QED) is 0.709. The smallest absolute Gasteiger partial charge is 0.258 e. The van der Waals surface area contributed by atoms with E-state index >= 15 is 0 Å². The summed E-state index contributed by atoms with van der Waals surface area (Å²) in [6, 6.07) is 9.21. The molecule has 0 atom stereocenters. The fourth-order valence-electron chi connectivity index (χ4n) is 1.77. The maximum Gasteiger partial charge on any atom is 0.258 e. The third-order valence-corrected chi connectivity index (χ3v) is 2.86. The van der Waals surface area contributed by atoms with Gasteiger partial charge < -0.3 is 10.3 Å². The van der Waals surface area contributed by atoms with E-state index in [0.717, 1.165) is 16.7 Å². The lowest BCUT2D eigenvalue weighted by Gasteiger charge is -1.97. The van der Waals surface area contributed by atoms with Gasteiger partial charge in [-0.2, -0.15) is 4.98 Å². The van der Waals surface area contributed by atoms with Crippen LogP contribution in [0, 0.1) is 6.92 Å². The predicted octanol–water partition coefficient (Wildman–Crippen LogP) is 2.69. The SMILES string of the molecule is Cc1ccncc1-c1noc(-c2ccc(N)cc2)n1. The van der Waals surface area contributed by atoms with Crippen molar-refractivity contribution >= 4 is 5.69 Å². The first-order valence-corrected chi connectivity index (χ1v) is 5.84. The Morgan fingerprint density at radius 1 is 1.11 bits per heavy atom. The van der Waals surface area contributed by atoms with E-state index < -0.39 is 0 Å². The minimum Gasteiger partial charge on any atom is -0.399 e. The van der Waals surface area contributed by atoms with E-state index in [1.165, 1.54) is 0 Å². The second kappa shape index (κ2) is 4.53. The van der Waals surface area contributed by atoms with E-state index in [-0.39, 0.29) is 0 Å². The van der Waals surface area contributed by atoms with Crippen LogP contribution in [0.25, 0.3) is 22.8 Å². The van der Waals surface area contributed by atoms with E-state index in [0.29, 0.717) is 17.4 Å². The molecule has 2 N–H and O–H groups in total. The van der Waals surface area contributed by atoms with Crippen LogP contribution in [0.1, 0.15) is 5.56 Å². The van der Waals surface area contributed by atoms with Crippen LogP contribution in [0.2, 0.25) is 0 Å². The summed E-state index contributed by atoms with van der Waals surface area (Å²) in [4.78, 5) is 8.46. The number of nitrogens with two attached hydrogens (primary N) is 1. The van der Waals surface area contributed by atoms with Crippen LogP contribution >= 0.6 is 0 Å². The topological polar surface area (TPSA) is 77.8 Å². The first kappa shape index (κ1) is 11.4. The number of aryl methyl sites for hydroxylation is 1. The van der Waals surface area contributed by atoms with Gasteiger partial charge in [-0.25, -0.2) is 0 Å². The number of benzene rings is 1. The average molecular weight is 252 g/mol. The van der Waals surface area contributed by atoms with Crippen molar-refractivity contribution in [2.75, 3.05) is 5.73 Å². The van der Waals surface area contributed by atoms with Crippen molar-refractivity contribution in [2.45, 2.75) is 6.92 Å². The maximum absolute atomic E-state index is 5.65. The highest BCUT2D eigenvalue weighted by Gasteiger charge is 2.12. The average Bonchev–Trinajstić information content (AvgIpc) is 2.89. The molecule has 0 spiro atoms. The largest absolute Gasteiger partial charge is 0.399 e. The highest BCUT2D eigenvalue weighted by molar-refractivity contribution is 5.62. The normalized spacial score (nSPS) is 10.6. The lowest BCUT2D eigenvalue weighted by atomic mass is 10.1. The monoisotopic (exact) mass is 252 g/mol. The van der Waals surface area contributed by atoms with Gasteiger partial charge in [0.2, 0.25) is 5.82 Å². The summed E-state index contributed by atoms with van der Waals surface area (Å²) < 4.78 is 5.27. The van der Waals surface area contributed by atoms with E-state index in [2.05, 4.69) is 15.1 Å². The third-order valence-electron chi connectivity index (χ3n) is 2.86. The molecule has 5 heteroatoms. The zero-order chi connectivity index (χ0) is 13.2. The summed E-state index contributed by atoms with van der Waals surface area (Å²) >= 11 is 0. The Labute approximate surface area is 110 Å². The van der Waals surface area contributed by atoms with Crippen molar-refractivity contribution in [3.05, 3.63) is 48.3 Å². The number of nitrogen functional groups attached to an aromatic ring is 1. The number of nitrogens with zero attached hydrogens (tertiary/aromatic N) is 3. The lowest BCUT2D eigenvalue weighted by Crippen LogP contribution is -1.87. The minimum atomic E-state index is 0.471. The molecule has 0 aliphatic carbocycles. The summed E-state index contributed by atoms with van der Waals surface area (Å²) in [5.74, 6) is 1.01. The van der Waals surface area contributed by atoms with Gasteiger partial charge >= 0.3 is 0 Å². The van der Waals surface area contributed by atoms with Crippen molar-refractivity contribution in [2.24, 2.45) is 0 Å². The molecule has 2 aromatic heterocycles. The Morgan fingerprint density at radius 3 is 2.63 bits per heavy atom. The Morgan fingerprint density at radius 2 is 1.89 bits per heavy atom. The van der Waals surface area contributed by atoms with Crippen molar-refractivity contribution < 1.29 is 4.52 Å². The molecule has 5 nitrogen and oxygen atoms in total. The molecular weight excluding hydrogens is 240 g/mol. The molecular formula is C14H12N4O. The van der Waals surface area contributed by atoms with E-state index in [1.54, 1.807) is 24.5 Å². The van der Waals surface area contributed by atoms with Crippen LogP contribution in [0.4, 0.5) is 5.69 Å². The number of rotatable bonds is 2. The minimum absolute atomic E-state index is 0.471. The summed E-state index contributed by atoms with van der Waals surface area (Å²) in [5, 5.41) is 3.99. The maximum atomic E-state index is 5.65. The summed E-state index contributed by atoms with van der Waals surface area (Å²) in [6.07, 6.45) is 3.47. The van der Waals surface area contributed by atoms with Crippen molar-refractivity contribution in [3.63, 3.8) is 0 Å². The van der Waals surface area contributed by atoms with Crippen LogP contribution in [0.3, 0.4) is 0 Å². The van der Waals surface area contributed by atoms with E-state index in [4.69, 9.17) is 10.3 Å². The second-order valence-electron chi connectivity index (χ2n) is 4.24. The fraction of sp³-hybridized carbons (Fsp3) is 0.0714. The van der Waals surface area contributed by atoms with Crippen molar-refractivity contribution in [1.82, 2.24) is 15.1 Å². The van der Waals surface area contributed by atoms with E-state index in [9.17, 15) is 0 Å². The zero-order valence-corrected chi connectivity index (χ0v) is 10.4. The highest BCUT2D eigenvalue weighted by Crippen LogP contribution is 2.24. The number of hydrogen-bond donors (Lipinski definition) is 1. The van der Waals surface area contributed by atoms with Gasteiger partial charge in [-0.1, -0.05) is 5.16 Å². The lowest BCUT2D eigenvalue weighted by molar-refractivity contribution is 0.432.